The molecule has 0 aliphatic carbocycles. The summed E-state index contributed by atoms with van der Waals surface area (Å²) in [6, 6.07) is 5.04. The largest absolute Gasteiger partial charge is 0.504 e. The molecule has 1 aromatic carbocycles. The van der Waals surface area contributed by atoms with Crippen molar-refractivity contribution in [3.63, 3.8) is 0 Å². The molecule has 20 heavy (non-hydrogen) atoms. The average molecular weight is 277 g/mol. The Kier molecular flexibility index (Phi) is 6.64. The van der Waals surface area contributed by atoms with Gasteiger partial charge in [-0.25, -0.2) is 0 Å². The summed E-state index contributed by atoms with van der Waals surface area (Å²) in [7, 11) is 1.50. The van der Waals surface area contributed by atoms with Crippen molar-refractivity contribution in [2.24, 2.45) is 5.92 Å². The average Bonchev–Trinajstić information content (AvgIpc) is 2.42. The first-order valence-electron chi connectivity index (χ1n) is 6.82. The van der Waals surface area contributed by atoms with E-state index in [9.17, 15) is 9.90 Å². The third-order valence-electron chi connectivity index (χ3n) is 2.79. The van der Waals surface area contributed by atoms with E-state index in [1.165, 1.54) is 7.11 Å². The number of aromatic hydroxyl groups is 1. The number of carbonyl (C=O) groups is 1. The molecular weight excluding hydrogens is 254 g/mol. The Labute approximate surface area is 120 Å². The first-order chi connectivity index (χ1) is 9.52. The summed E-state index contributed by atoms with van der Waals surface area (Å²) in [6.07, 6.45) is 5.37. The summed E-state index contributed by atoms with van der Waals surface area (Å²) in [5, 5.41) is 12.3. The Morgan fingerprint density at radius 2 is 2.20 bits per heavy atom. The van der Waals surface area contributed by atoms with E-state index < -0.39 is 0 Å². The number of carbonyl (C=O) groups excluding carboxylic acids is 1. The van der Waals surface area contributed by atoms with Crippen molar-refractivity contribution in [1.29, 1.82) is 0 Å². The number of methoxy groups -OCH3 is 1. The zero-order chi connectivity index (χ0) is 15.0. The van der Waals surface area contributed by atoms with Gasteiger partial charge >= 0.3 is 0 Å². The molecule has 1 amide bonds. The minimum Gasteiger partial charge on any atom is -0.504 e. The lowest BCUT2D eigenvalue weighted by Crippen LogP contribution is -2.22. The monoisotopic (exact) mass is 277 g/mol. The Balaban J connectivity index is 2.37. The van der Waals surface area contributed by atoms with Gasteiger partial charge in [-0.1, -0.05) is 32.1 Å². The van der Waals surface area contributed by atoms with Crippen LogP contribution in [0, 0.1) is 5.92 Å². The van der Waals surface area contributed by atoms with Crippen LogP contribution in [0.25, 0.3) is 0 Å². The molecule has 0 aliphatic heterocycles. The van der Waals surface area contributed by atoms with Crippen LogP contribution < -0.4 is 10.1 Å². The molecule has 110 valence electrons. The lowest BCUT2D eigenvalue weighted by atomic mass is 10.1. The minimum absolute atomic E-state index is 0.0189. The first-order valence-corrected chi connectivity index (χ1v) is 6.82. The molecule has 4 nitrogen and oxygen atoms in total. The molecule has 0 heterocycles. The molecule has 0 saturated heterocycles. The number of rotatable bonds is 7. The van der Waals surface area contributed by atoms with Crippen molar-refractivity contribution in [2.45, 2.75) is 33.2 Å². The van der Waals surface area contributed by atoms with Crippen LogP contribution in [0.4, 0.5) is 0 Å². The topological polar surface area (TPSA) is 58.6 Å². The molecule has 0 saturated carbocycles. The van der Waals surface area contributed by atoms with Gasteiger partial charge in [0.2, 0.25) is 5.91 Å². The number of ether oxygens (including phenoxy) is 1. The minimum atomic E-state index is 0.0189. The highest BCUT2D eigenvalue weighted by atomic mass is 16.5. The van der Waals surface area contributed by atoms with Gasteiger partial charge in [-0.15, -0.1) is 0 Å². The molecule has 0 spiro atoms. The summed E-state index contributed by atoms with van der Waals surface area (Å²) < 4.78 is 5.02. The van der Waals surface area contributed by atoms with E-state index in [2.05, 4.69) is 25.2 Å². The fourth-order valence-electron chi connectivity index (χ4n) is 1.70. The molecule has 0 aliphatic rings. The van der Waals surface area contributed by atoms with Gasteiger partial charge in [0.25, 0.3) is 0 Å². The molecule has 4 heteroatoms. The maximum atomic E-state index is 11.7. The number of hydrogen-bond acceptors (Lipinski definition) is 3. The number of phenols is 1. The standard InChI is InChI=1S/C16H23NO3/c1-12(2)6-4-5-7-16(19)17-11-13-8-9-14(18)15(10-13)20-3/h4,6,8-10,12,18H,5,7,11H2,1-3H3,(H,17,19)/b6-4+. The molecular formula is C16H23NO3. The summed E-state index contributed by atoms with van der Waals surface area (Å²) in [5.74, 6) is 1.05. The SMILES string of the molecule is COc1cc(CNC(=O)CC/C=C/C(C)C)ccc1O. The third kappa shape index (κ3) is 5.78. The Morgan fingerprint density at radius 3 is 2.85 bits per heavy atom. The van der Waals surface area contributed by atoms with Gasteiger partial charge in [0.15, 0.2) is 11.5 Å². The maximum Gasteiger partial charge on any atom is 0.220 e. The van der Waals surface area contributed by atoms with Crippen LogP contribution in [0.1, 0.15) is 32.3 Å². The van der Waals surface area contributed by atoms with Crippen LogP contribution >= 0.6 is 0 Å². The zero-order valence-corrected chi connectivity index (χ0v) is 12.3. The predicted octanol–water partition coefficient (Wildman–Crippen LogP) is 3.01. The molecule has 0 aromatic heterocycles. The quantitative estimate of drug-likeness (QED) is 0.753. The van der Waals surface area contributed by atoms with Gasteiger partial charge in [-0.05, 0) is 30.0 Å². The second-order valence-electron chi connectivity index (χ2n) is 4.99. The number of amides is 1. The van der Waals surface area contributed by atoms with Crippen molar-refractivity contribution >= 4 is 5.91 Å². The van der Waals surface area contributed by atoms with E-state index >= 15 is 0 Å². The van der Waals surface area contributed by atoms with Crippen molar-refractivity contribution in [2.75, 3.05) is 7.11 Å². The van der Waals surface area contributed by atoms with E-state index in [0.717, 1.165) is 12.0 Å². The van der Waals surface area contributed by atoms with Gasteiger partial charge < -0.3 is 15.2 Å². The van der Waals surface area contributed by atoms with E-state index in [4.69, 9.17) is 4.74 Å². The van der Waals surface area contributed by atoms with Crippen LogP contribution in [-0.4, -0.2) is 18.1 Å². The number of nitrogens with one attached hydrogen (secondary N) is 1. The highest BCUT2D eigenvalue weighted by Crippen LogP contribution is 2.26. The Bertz CT molecular complexity index is 467. The molecule has 1 rings (SSSR count). The van der Waals surface area contributed by atoms with Gasteiger partial charge in [-0.2, -0.15) is 0 Å². The Hall–Kier alpha value is -1.97. The highest BCUT2D eigenvalue weighted by Gasteiger charge is 2.04. The molecule has 0 unspecified atom stereocenters. The zero-order valence-electron chi connectivity index (χ0n) is 12.3. The van der Waals surface area contributed by atoms with E-state index in [0.29, 0.717) is 24.6 Å². The van der Waals surface area contributed by atoms with Crippen molar-refractivity contribution in [3.05, 3.63) is 35.9 Å². The van der Waals surface area contributed by atoms with E-state index in [-0.39, 0.29) is 11.7 Å². The summed E-state index contributed by atoms with van der Waals surface area (Å²) in [5.41, 5.74) is 0.894. The molecule has 1 aromatic rings. The van der Waals surface area contributed by atoms with E-state index in [1.807, 2.05) is 6.08 Å². The second-order valence-corrected chi connectivity index (χ2v) is 4.99. The maximum absolute atomic E-state index is 11.7. The van der Waals surface area contributed by atoms with Crippen LogP contribution in [0.2, 0.25) is 0 Å². The van der Waals surface area contributed by atoms with Crippen molar-refractivity contribution < 1.29 is 14.6 Å². The lowest BCUT2D eigenvalue weighted by Gasteiger charge is -2.08. The van der Waals surface area contributed by atoms with E-state index in [1.54, 1.807) is 18.2 Å². The molecule has 2 N–H and O–H groups in total. The van der Waals surface area contributed by atoms with Crippen LogP contribution in [0.15, 0.2) is 30.4 Å². The molecule has 0 fully saturated rings. The number of phenolic OH excluding ortho intramolecular Hbond substituents is 1. The normalized spacial score (nSPS) is 11.0. The van der Waals surface area contributed by atoms with Crippen LogP contribution in [0.3, 0.4) is 0 Å². The van der Waals surface area contributed by atoms with Gasteiger partial charge in [0, 0.05) is 13.0 Å². The number of allylic oxidation sites excluding steroid dienone is 2. The first kappa shape index (κ1) is 16.1. The second kappa shape index (κ2) is 8.25. The molecule has 0 radical (unpaired) electrons. The van der Waals surface area contributed by atoms with Gasteiger partial charge in [0.05, 0.1) is 7.11 Å². The van der Waals surface area contributed by atoms with Crippen molar-refractivity contribution in [1.82, 2.24) is 5.32 Å². The lowest BCUT2D eigenvalue weighted by molar-refractivity contribution is -0.121. The Morgan fingerprint density at radius 1 is 1.45 bits per heavy atom. The van der Waals surface area contributed by atoms with Gasteiger partial charge in [-0.3, -0.25) is 4.79 Å². The van der Waals surface area contributed by atoms with Crippen LogP contribution in [0.5, 0.6) is 11.5 Å². The molecule has 0 atom stereocenters. The van der Waals surface area contributed by atoms with Gasteiger partial charge in [0.1, 0.15) is 0 Å². The fourth-order valence-corrected chi connectivity index (χ4v) is 1.70. The number of benzene rings is 1. The van der Waals surface area contributed by atoms with Crippen molar-refractivity contribution in [3.8, 4) is 11.5 Å². The number of hydrogen-bond donors (Lipinski definition) is 2. The van der Waals surface area contributed by atoms with Crippen LogP contribution in [-0.2, 0) is 11.3 Å². The third-order valence-corrected chi connectivity index (χ3v) is 2.79. The fraction of sp³-hybridized carbons (Fsp3) is 0.438. The molecule has 0 bridgehead atoms. The summed E-state index contributed by atoms with van der Waals surface area (Å²) >= 11 is 0. The predicted molar refractivity (Wildman–Crippen MR) is 79.7 cm³/mol. The smallest absolute Gasteiger partial charge is 0.220 e. The summed E-state index contributed by atoms with van der Waals surface area (Å²) in [4.78, 5) is 11.7. The summed E-state index contributed by atoms with van der Waals surface area (Å²) in [6.45, 7) is 4.65. The highest BCUT2D eigenvalue weighted by molar-refractivity contribution is 5.76.